The summed E-state index contributed by atoms with van der Waals surface area (Å²) in [6.45, 7) is 3.40. The molecule has 0 spiro atoms. The zero-order valence-corrected chi connectivity index (χ0v) is 39.7. The molecule has 0 saturated carbocycles. The molecule has 3 aliphatic rings. The fourth-order valence-electron chi connectivity index (χ4n) is 8.06. The van der Waals surface area contributed by atoms with Gasteiger partial charge in [0.25, 0.3) is 21.9 Å². The molecule has 70 heavy (non-hydrogen) atoms. The zero-order chi connectivity index (χ0) is 50.0. The Bertz CT molecular complexity index is 2480. The lowest BCUT2D eigenvalue weighted by molar-refractivity contribution is -0.137. The summed E-state index contributed by atoms with van der Waals surface area (Å²) < 4.78 is 53.0. The van der Waals surface area contributed by atoms with Gasteiger partial charge in [-0.05, 0) is 31.4 Å². The van der Waals surface area contributed by atoms with Gasteiger partial charge in [0.2, 0.25) is 23.6 Å². The van der Waals surface area contributed by atoms with Gasteiger partial charge in [-0.25, -0.2) is 9.48 Å². The van der Waals surface area contributed by atoms with Crippen LogP contribution in [0.15, 0.2) is 60.7 Å². The van der Waals surface area contributed by atoms with E-state index >= 15 is 0 Å². The van der Waals surface area contributed by atoms with E-state index in [9.17, 15) is 46.5 Å². The number of para-hydroxylation sites is 1. The third-order valence-electron chi connectivity index (χ3n) is 11.8. The molecular formula is C46H60N10O13S. The van der Waals surface area contributed by atoms with Gasteiger partial charge < -0.3 is 45.7 Å². The molecule has 23 nitrogen and oxygen atoms in total. The predicted octanol–water partition coefficient (Wildman–Crippen LogP) is 0.839. The van der Waals surface area contributed by atoms with Crippen LogP contribution in [0, 0.1) is 0 Å². The first-order chi connectivity index (χ1) is 33.7. The monoisotopic (exact) mass is 992 g/mol. The Labute approximate surface area is 405 Å². The fraction of sp³-hybridized carbons (Fsp3) is 0.500. The summed E-state index contributed by atoms with van der Waals surface area (Å²) >= 11 is 0. The maximum Gasteiger partial charge on any atom is 0.315 e. The Morgan fingerprint density at radius 3 is 2.16 bits per heavy atom. The molecule has 3 atom stereocenters. The van der Waals surface area contributed by atoms with E-state index in [0.717, 1.165) is 53.9 Å². The first kappa shape index (κ1) is 52.8. The SMILES string of the molecule is C[C@@H]1NC(=O)N[C@@H]1CCCCCC(=O)NCCOCCOCCOCCn1nnc2c1-c1ccccc1N(C(=O)CCNC(=O)C(CNC(=O)CCN1C(=O)C=CC1=O)S(=O)(=O)O)Cc1ccccc1-2. The maximum atomic E-state index is 14.1. The van der Waals surface area contributed by atoms with Crippen molar-refractivity contribution < 1.29 is 60.7 Å². The van der Waals surface area contributed by atoms with Crippen LogP contribution in [0.5, 0.6) is 0 Å². The molecule has 1 unspecified atom stereocenters. The highest BCUT2D eigenvalue weighted by Crippen LogP contribution is 2.41. The van der Waals surface area contributed by atoms with Gasteiger partial charge >= 0.3 is 6.03 Å². The molecule has 0 bridgehead atoms. The Hall–Kier alpha value is -6.60. The molecule has 1 saturated heterocycles. The van der Waals surface area contributed by atoms with Gasteiger partial charge in [0.05, 0.1) is 70.2 Å². The number of benzene rings is 2. The average Bonchev–Trinajstić information content (AvgIpc) is 4.00. The van der Waals surface area contributed by atoms with Crippen molar-refractivity contribution in [1.29, 1.82) is 0 Å². The summed E-state index contributed by atoms with van der Waals surface area (Å²) in [5, 5.41) is 20.1. The maximum absolute atomic E-state index is 14.1. The summed E-state index contributed by atoms with van der Waals surface area (Å²) in [6, 6.07) is 14.8. The number of carbonyl (C=O) groups excluding carboxylic acids is 7. The minimum Gasteiger partial charge on any atom is -0.377 e. The Balaban J connectivity index is 0.923. The number of fused-ring (bicyclic) bond motifs is 5. The Morgan fingerprint density at radius 1 is 0.771 bits per heavy atom. The van der Waals surface area contributed by atoms with Crippen molar-refractivity contribution in [3.63, 3.8) is 0 Å². The summed E-state index contributed by atoms with van der Waals surface area (Å²) in [5.41, 5.74) is 3.98. The van der Waals surface area contributed by atoms with E-state index in [4.69, 9.17) is 14.2 Å². The molecule has 3 aromatic rings. The molecule has 378 valence electrons. The average molecular weight is 993 g/mol. The highest BCUT2D eigenvalue weighted by Gasteiger charge is 2.33. The van der Waals surface area contributed by atoms with Gasteiger partial charge in [-0.2, -0.15) is 8.42 Å². The number of anilines is 1. The van der Waals surface area contributed by atoms with Crippen LogP contribution in [-0.2, 0) is 66.2 Å². The van der Waals surface area contributed by atoms with E-state index in [1.54, 1.807) is 21.7 Å². The van der Waals surface area contributed by atoms with Crippen LogP contribution in [0.4, 0.5) is 10.5 Å². The summed E-state index contributed by atoms with van der Waals surface area (Å²) in [4.78, 5) is 88.9. The van der Waals surface area contributed by atoms with Gasteiger partial charge in [-0.15, -0.1) is 5.10 Å². The fourth-order valence-corrected chi connectivity index (χ4v) is 8.71. The minimum atomic E-state index is -5.02. The van der Waals surface area contributed by atoms with Gasteiger partial charge in [-0.1, -0.05) is 60.5 Å². The van der Waals surface area contributed by atoms with Crippen LogP contribution in [0.2, 0.25) is 0 Å². The number of aromatic nitrogens is 3. The third kappa shape index (κ3) is 15.0. The number of rotatable bonds is 28. The number of nitrogens with one attached hydrogen (secondary N) is 5. The second-order valence-corrected chi connectivity index (χ2v) is 18.3. The highest BCUT2D eigenvalue weighted by atomic mass is 32.2. The standard InChI is InChI=1S/C46H60N10O13S/c1-31-35(51-46(63)50-31)12-3-2-4-14-38(57)47-20-23-67-25-27-69-28-26-68-24-22-56-44-34-11-7-8-13-36(34)55(30-32-9-5-6-10-33(32)43(44)52-53-56)42(61)17-19-48-45(62)37(70(64,65)66)29-49-39(58)18-21-54-40(59)15-16-41(54)60/h5-11,13,15-16,31,35,37H,2-4,12,14,17-30H2,1H3,(H,47,57)(H,48,62)(H,49,58)(H2,50,51,63)(H,64,65,66)/t31-,35+,37?/m0/s1. The van der Waals surface area contributed by atoms with E-state index in [1.165, 1.54) is 0 Å². The number of unbranched alkanes of at least 4 members (excludes halogenated alkanes) is 2. The van der Waals surface area contributed by atoms with Crippen LogP contribution in [0.1, 0.15) is 57.4 Å². The summed E-state index contributed by atoms with van der Waals surface area (Å²) in [7, 11) is -5.02. The van der Waals surface area contributed by atoms with Gasteiger partial charge in [0, 0.05) is 74.8 Å². The molecule has 8 amide bonds. The first-order valence-electron chi connectivity index (χ1n) is 23.2. The van der Waals surface area contributed by atoms with Gasteiger partial charge in [0.15, 0.2) is 5.25 Å². The molecule has 1 aromatic heterocycles. The summed E-state index contributed by atoms with van der Waals surface area (Å²) in [6.07, 6.45) is 5.42. The van der Waals surface area contributed by atoms with Crippen molar-refractivity contribution in [1.82, 2.24) is 46.5 Å². The second kappa shape index (κ2) is 25.8. The highest BCUT2D eigenvalue weighted by molar-refractivity contribution is 7.87. The zero-order valence-electron chi connectivity index (χ0n) is 38.9. The summed E-state index contributed by atoms with van der Waals surface area (Å²) in [5.74, 6) is -3.56. The van der Waals surface area contributed by atoms with E-state index in [-0.39, 0.29) is 63.1 Å². The van der Waals surface area contributed by atoms with Gasteiger partial charge in [0.1, 0.15) is 5.69 Å². The third-order valence-corrected chi connectivity index (χ3v) is 12.9. The number of nitrogens with zero attached hydrogens (tertiary/aromatic N) is 5. The van der Waals surface area contributed by atoms with E-state index in [0.29, 0.717) is 75.2 Å². The normalized spacial score (nSPS) is 16.6. The molecule has 0 aliphatic carbocycles. The minimum absolute atomic E-state index is 0.0201. The van der Waals surface area contributed by atoms with E-state index < -0.39 is 51.4 Å². The number of urea groups is 1. The Kier molecular flexibility index (Phi) is 19.5. The molecular weight excluding hydrogens is 933 g/mol. The predicted molar refractivity (Wildman–Crippen MR) is 252 cm³/mol. The smallest absolute Gasteiger partial charge is 0.315 e. The van der Waals surface area contributed by atoms with Crippen LogP contribution in [0.3, 0.4) is 0 Å². The molecule has 3 aliphatic heterocycles. The van der Waals surface area contributed by atoms with Crippen LogP contribution in [-0.4, -0.2) is 157 Å². The van der Waals surface area contributed by atoms with E-state index in [1.807, 2.05) is 43.3 Å². The lowest BCUT2D eigenvalue weighted by Gasteiger charge is -2.29. The van der Waals surface area contributed by atoms with Crippen LogP contribution >= 0.6 is 0 Å². The first-order valence-corrected chi connectivity index (χ1v) is 24.7. The topological polar surface area (TPSA) is 299 Å². The molecule has 24 heteroatoms. The van der Waals surface area contributed by atoms with Crippen molar-refractivity contribution in [2.75, 3.05) is 70.7 Å². The number of ether oxygens (including phenoxy) is 3. The van der Waals surface area contributed by atoms with Crippen molar-refractivity contribution >= 4 is 57.3 Å². The molecule has 0 radical (unpaired) electrons. The van der Waals surface area contributed by atoms with Crippen LogP contribution in [0.25, 0.3) is 22.5 Å². The molecule has 1 fully saturated rings. The lowest BCUT2D eigenvalue weighted by atomic mass is 9.95. The number of hydrogen-bond acceptors (Lipinski definition) is 14. The Morgan fingerprint density at radius 2 is 1.44 bits per heavy atom. The number of hydrogen-bond donors (Lipinski definition) is 6. The molecule has 4 heterocycles. The number of imide groups is 1. The largest absolute Gasteiger partial charge is 0.377 e. The number of amides is 8. The van der Waals surface area contributed by atoms with Crippen molar-refractivity contribution in [2.45, 2.75) is 82.3 Å². The van der Waals surface area contributed by atoms with Crippen molar-refractivity contribution in [3.05, 3.63) is 66.2 Å². The molecule has 2 aromatic carbocycles. The van der Waals surface area contributed by atoms with Crippen LogP contribution < -0.4 is 31.5 Å². The lowest BCUT2D eigenvalue weighted by Crippen LogP contribution is -2.48. The quantitative estimate of drug-likeness (QED) is 0.0334. The van der Waals surface area contributed by atoms with Crippen molar-refractivity contribution in [3.8, 4) is 22.5 Å². The van der Waals surface area contributed by atoms with Crippen molar-refractivity contribution in [2.24, 2.45) is 0 Å². The molecule has 6 N–H and O–H groups in total. The number of carbonyl (C=O) groups is 7. The van der Waals surface area contributed by atoms with E-state index in [2.05, 4.69) is 36.9 Å². The second-order valence-electron chi connectivity index (χ2n) is 16.7. The molecule has 6 rings (SSSR count). The van der Waals surface area contributed by atoms with Gasteiger partial charge in [-0.3, -0.25) is 38.2 Å².